The zero-order valence-corrected chi connectivity index (χ0v) is 11.2. The van der Waals surface area contributed by atoms with E-state index in [0.29, 0.717) is 13.0 Å². The molecule has 102 valence electrons. The molecule has 0 saturated heterocycles. The lowest BCUT2D eigenvalue weighted by atomic mass is 9.92. The first kappa shape index (κ1) is 15.2. The topological polar surface area (TPSA) is 38.3 Å². The minimum absolute atomic E-state index is 0.260. The molecule has 4 heteroatoms. The Hall–Kier alpha value is -1.86. The third-order valence-corrected chi connectivity index (χ3v) is 2.78. The van der Waals surface area contributed by atoms with Gasteiger partial charge in [-0.1, -0.05) is 18.1 Å². The first-order chi connectivity index (χ1) is 9.01. The van der Waals surface area contributed by atoms with E-state index in [1.54, 1.807) is 26.0 Å². The monoisotopic (exact) mass is 263 g/mol. The molecule has 0 aliphatic carbocycles. The van der Waals surface area contributed by atoms with Gasteiger partial charge >= 0.3 is 5.97 Å². The second-order valence-corrected chi connectivity index (χ2v) is 4.41. The number of nitrogens with one attached hydrogen (secondary N) is 1. The fourth-order valence-corrected chi connectivity index (χ4v) is 1.75. The minimum Gasteiger partial charge on any atom is -0.465 e. The maximum absolute atomic E-state index is 12.9. The second-order valence-electron chi connectivity index (χ2n) is 4.41. The van der Waals surface area contributed by atoms with Gasteiger partial charge in [0, 0.05) is 6.42 Å². The highest BCUT2D eigenvalue weighted by Gasteiger charge is 2.34. The van der Waals surface area contributed by atoms with Gasteiger partial charge < -0.3 is 4.74 Å². The number of carbonyl (C=O) groups is 1. The molecule has 0 fully saturated rings. The number of rotatable bonds is 6. The maximum Gasteiger partial charge on any atom is 0.326 e. The van der Waals surface area contributed by atoms with E-state index in [2.05, 4.69) is 11.2 Å². The Morgan fingerprint density at radius 2 is 2.11 bits per heavy atom. The van der Waals surface area contributed by atoms with Gasteiger partial charge in [-0.25, -0.2) is 4.39 Å². The van der Waals surface area contributed by atoms with Crippen molar-refractivity contribution in [1.29, 1.82) is 0 Å². The summed E-state index contributed by atoms with van der Waals surface area (Å²) in [5.74, 6) is 1.76. The molecule has 1 unspecified atom stereocenters. The summed E-state index contributed by atoms with van der Waals surface area (Å²) < 4.78 is 17.9. The number of carbonyl (C=O) groups excluding carboxylic acids is 1. The predicted molar refractivity (Wildman–Crippen MR) is 72.0 cm³/mol. The Morgan fingerprint density at radius 1 is 1.47 bits per heavy atom. The number of hydrogen-bond donors (Lipinski definition) is 1. The summed E-state index contributed by atoms with van der Waals surface area (Å²) in [6.07, 6.45) is 5.59. The van der Waals surface area contributed by atoms with Crippen LogP contribution in [0.5, 0.6) is 0 Å². The van der Waals surface area contributed by atoms with Gasteiger partial charge in [0.1, 0.15) is 11.4 Å². The number of halogens is 1. The highest BCUT2D eigenvalue weighted by Crippen LogP contribution is 2.16. The molecule has 0 aromatic heterocycles. The van der Waals surface area contributed by atoms with E-state index in [9.17, 15) is 9.18 Å². The van der Waals surface area contributed by atoms with Crippen LogP contribution in [-0.2, 0) is 16.0 Å². The molecule has 19 heavy (non-hydrogen) atoms. The summed E-state index contributed by atoms with van der Waals surface area (Å²) in [6, 6.07) is 6.01. The van der Waals surface area contributed by atoms with E-state index in [4.69, 9.17) is 11.2 Å². The van der Waals surface area contributed by atoms with Crippen molar-refractivity contribution in [3.05, 3.63) is 35.6 Å². The molecular formula is C15H18FNO2. The highest BCUT2D eigenvalue weighted by molar-refractivity contribution is 5.80. The van der Waals surface area contributed by atoms with Crippen molar-refractivity contribution >= 4 is 5.97 Å². The summed E-state index contributed by atoms with van der Waals surface area (Å²) >= 11 is 0. The standard InChI is InChI=1S/C15H18FNO2/c1-4-10-17-15(3,14(18)19-5-2)11-12-6-8-13(16)9-7-12/h1,6-9,17H,5,10-11H2,2-3H3. The van der Waals surface area contributed by atoms with Crippen LogP contribution in [0.25, 0.3) is 0 Å². The fourth-order valence-electron chi connectivity index (χ4n) is 1.75. The van der Waals surface area contributed by atoms with Gasteiger partial charge in [0.15, 0.2) is 0 Å². The first-order valence-electron chi connectivity index (χ1n) is 6.12. The van der Waals surface area contributed by atoms with Crippen LogP contribution < -0.4 is 5.32 Å². The van der Waals surface area contributed by atoms with Crippen molar-refractivity contribution in [2.75, 3.05) is 13.2 Å². The second kappa shape index (κ2) is 6.91. The van der Waals surface area contributed by atoms with Crippen LogP contribution in [-0.4, -0.2) is 24.7 Å². The smallest absolute Gasteiger partial charge is 0.326 e. The van der Waals surface area contributed by atoms with Crippen LogP contribution in [0.4, 0.5) is 4.39 Å². The molecular weight excluding hydrogens is 245 g/mol. The van der Waals surface area contributed by atoms with Crippen molar-refractivity contribution < 1.29 is 13.9 Å². The Morgan fingerprint density at radius 3 is 2.63 bits per heavy atom. The highest BCUT2D eigenvalue weighted by atomic mass is 19.1. The van der Waals surface area contributed by atoms with Crippen LogP contribution in [0.3, 0.4) is 0 Å². The van der Waals surface area contributed by atoms with E-state index in [1.807, 2.05) is 0 Å². The predicted octanol–water partition coefficient (Wildman–Crippen LogP) is 1.91. The number of benzene rings is 1. The van der Waals surface area contributed by atoms with Crippen molar-refractivity contribution in [1.82, 2.24) is 5.32 Å². The van der Waals surface area contributed by atoms with E-state index in [0.717, 1.165) is 5.56 Å². The molecule has 1 atom stereocenters. The Balaban J connectivity index is 2.87. The number of hydrogen-bond acceptors (Lipinski definition) is 3. The van der Waals surface area contributed by atoms with Crippen molar-refractivity contribution in [3.63, 3.8) is 0 Å². The Bertz CT molecular complexity index is 464. The third kappa shape index (κ3) is 4.38. The largest absolute Gasteiger partial charge is 0.465 e. The van der Waals surface area contributed by atoms with Gasteiger partial charge in [0.05, 0.1) is 13.2 Å². The van der Waals surface area contributed by atoms with Crippen molar-refractivity contribution in [2.24, 2.45) is 0 Å². The fraction of sp³-hybridized carbons (Fsp3) is 0.400. The molecule has 0 heterocycles. The molecule has 0 amide bonds. The molecule has 0 saturated carbocycles. The van der Waals surface area contributed by atoms with Gasteiger partial charge in [-0.15, -0.1) is 6.42 Å². The molecule has 1 rings (SSSR count). The summed E-state index contributed by atoms with van der Waals surface area (Å²) in [7, 11) is 0. The zero-order chi connectivity index (χ0) is 14.3. The molecule has 0 aliphatic rings. The molecule has 3 nitrogen and oxygen atoms in total. The lowest BCUT2D eigenvalue weighted by Gasteiger charge is -2.27. The molecule has 0 aliphatic heterocycles. The average Bonchev–Trinajstić information content (AvgIpc) is 2.39. The van der Waals surface area contributed by atoms with Crippen LogP contribution in [0.1, 0.15) is 19.4 Å². The van der Waals surface area contributed by atoms with E-state index in [-0.39, 0.29) is 18.3 Å². The van der Waals surface area contributed by atoms with Crippen LogP contribution in [0.2, 0.25) is 0 Å². The van der Waals surface area contributed by atoms with Crippen molar-refractivity contribution in [3.8, 4) is 12.3 Å². The lowest BCUT2D eigenvalue weighted by Crippen LogP contribution is -2.52. The van der Waals surface area contributed by atoms with Crippen LogP contribution in [0, 0.1) is 18.2 Å². The molecule has 0 bridgehead atoms. The molecule has 1 aromatic rings. The third-order valence-electron chi connectivity index (χ3n) is 2.78. The lowest BCUT2D eigenvalue weighted by molar-refractivity contribution is -0.150. The number of esters is 1. The summed E-state index contributed by atoms with van der Waals surface area (Å²) in [5.41, 5.74) is -0.0818. The number of terminal acetylenes is 1. The quantitative estimate of drug-likeness (QED) is 0.629. The van der Waals surface area contributed by atoms with Gasteiger partial charge in [0.25, 0.3) is 0 Å². The SMILES string of the molecule is C#CCNC(C)(Cc1ccc(F)cc1)C(=O)OCC. The van der Waals surface area contributed by atoms with Gasteiger partial charge in [-0.05, 0) is 31.5 Å². The van der Waals surface area contributed by atoms with Gasteiger partial charge in [0.2, 0.25) is 0 Å². The summed E-state index contributed by atoms with van der Waals surface area (Å²) in [4.78, 5) is 12.0. The summed E-state index contributed by atoms with van der Waals surface area (Å²) in [5, 5.41) is 2.99. The summed E-state index contributed by atoms with van der Waals surface area (Å²) in [6.45, 7) is 4.04. The normalized spacial score (nSPS) is 13.4. The average molecular weight is 263 g/mol. The van der Waals surface area contributed by atoms with Crippen LogP contribution >= 0.6 is 0 Å². The number of ether oxygens (including phenoxy) is 1. The van der Waals surface area contributed by atoms with E-state index >= 15 is 0 Å². The molecule has 0 radical (unpaired) electrons. The molecule has 1 N–H and O–H groups in total. The molecule has 0 spiro atoms. The van der Waals surface area contributed by atoms with Crippen LogP contribution in [0.15, 0.2) is 24.3 Å². The zero-order valence-electron chi connectivity index (χ0n) is 11.2. The van der Waals surface area contributed by atoms with E-state index < -0.39 is 5.54 Å². The minimum atomic E-state index is -0.916. The maximum atomic E-state index is 12.9. The van der Waals surface area contributed by atoms with Gasteiger partial charge in [-0.2, -0.15) is 0 Å². The molecule has 1 aromatic carbocycles. The van der Waals surface area contributed by atoms with Crippen molar-refractivity contribution in [2.45, 2.75) is 25.8 Å². The van der Waals surface area contributed by atoms with E-state index in [1.165, 1.54) is 12.1 Å². The first-order valence-corrected chi connectivity index (χ1v) is 6.12. The Kier molecular flexibility index (Phi) is 5.53. The Labute approximate surface area is 113 Å². The van der Waals surface area contributed by atoms with Gasteiger partial charge in [-0.3, -0.25) is 10.1 Å².